The number of carbonyl (C=O) groups is 2. The maximum atomic E-state index is 11.7. The summed E-state index contributed by atoms with van der Waals surface area (Å²) < 4.78 is 4.95. The molecule has 0 aliphatic rings. The Morgan fingerprint density at radius 2 is 2.17 bits per heavy atom. The maximum Gasteiger partial charge on any atom is 0.335 e. The molecule has 5 heteroatoms. The number of ether oxygens (including phenoxy) is 1. The van der Waals surface area contributed by atoms with E-state index in [9.17, 15) is 9.59 Å². The molecule has 0 radical (unpaired) electrons. The second kappa shape index (κ2) is 6.76. The van der Waals surface area contributed by atoms with Crippen LogP contribution in [0.15, 0.2) is 24.3 Å². The number of amides is 1. The minimum atomic E-state index is -1.01. The highest BCUT2D eigenvalue weighted by Gasteiger charge is 2.10. The van der Waals surface area contributed by atoms with Crippen molar-refractivity contribution in [1.82, 2.24) is 0 Å². The lowest BCUT2D eigenvalue weighted by molar-refractivity contribution is -0.117. The molecule has 0 spiro atoms. The van der Waals surface area contributed by atoms with Crippen LogP contribution >= 0.6 is 0 Å². The quantitative estimate of drug-likeness (QED) is 0.810. The predicted octanol–water partition coefficient (Wildman–Crippen LogP) is 2.00. The normalized spacial score (nSPS) is 11.9. The van der Waals surface area contributed by atoms with E-state index >= 15 is 0 Å². The minimum Gasteiger partial charge on any atom is -0.478 e. The second-order valence-corrected chi connectivity index (χ2v) is 4.20. The van der Waals surface area contributed by atoms with Gasteiger partial charge in [-0.25, -0.2) is 4.79 Å². The van der Waals surface area contributed by atoms with E-state index in [1.165, 1.54) is 12.1 Å². The van der Waals surface area contributed by atoms with Crippen molar-refractivity contribution in [1.29, 1.82) is 0 Å². The van der Waals surface area contributed by atoms with E-state index < -0.39 is 5.97 Å². The molecule has 0 aromatic heterocycles. The third kappa shape index (κ3) is 4.55. The van der Waals surface area contributed by atoms with Crippen molar-refractivity contribution in [2.75, 3.05) is 19.0 Å². The fourth-order valence-electron chi connectivity index (χ4n) is 1.60. The number of carboxylic acid groups (broad SMARTS) is 1. The smallest absolute Gasteiger partial charge is 0.335 e. The molecule has 5 nitrogen and oxygen atoms in total. The van der Waals surface area contributed by atoms with Crippen LogP contribution in [-0.2, 0) is 9.53 Å². The van der Waals surface area contributed by atoms with E-state index in [1.807, 2.05) is 6.92 Å². The van der Waals surface area contributed by atoms with Crippen LogP contribution in [-0.4, -0.2) is 30.7 Å². The highest BCUT2D eigenvalue weighted by molar-refractivity contribution is 5.93. The Balaban J connectivity index is 2.59. The van der Waals surface area contributed by atoms with Gasteiger partial charge in [0.2, 0.25) is 5.91 Å². The van der Waals surface area contributed by atoms with E-state index in [4.69, 9.17) is 9.84 Å². The molecule has 1 amide bonds. The third-order valence-corrected chi connectivity index (χ3v) is 2.38. The lowest BCUT2D eigenvalue weighted by atomic mass is 10.1. The van der Waals surface area contributed by atoms with E-state index in [1.54, 1.807) is 19.2 Å². The van der Waals surface area contributed by atoms with Crippen molar-refractivity contribution in [2.24, 2.45) is 5.92 Å². The fraction of sp³-hybridized carbons (Fsp3) is 0.385. The van der Waals surface area contributed by atoms with Gasteiger partial charge in [0.1, 0.15) is 0 Å². The Labute approximate surface area is 106 Å². The van der Waals surface area contributed by atoms with E-state index in [-0.39, 0.29) is 17.4 Å². The Morgan fingerprint density at radius 1 is 1.44 bits per heavy atom. The number of anilines is 1. The molecule has 98 valence electrons. The zero-order valence-corrected chi connectivity index (χ0v) is 10.5. The highest BCUT2D eigenvalue weighted by atomic mass is 16.5. The molecule has 1 rings (SSSR count). The van der Waals surface area contributed by atoms with Gasteiger partial charge in [-0.2, -0.15) is 0 Å². The summed E-state index contributed by atoms with van der Waals surface area (Å²) in [7, 11) is 1.59. The van der Waals surface area contributed by atoms with Crippen LogP contribution < -0.4 is 5.32 Å². The molecule has 0 aliphatic carbocycles. The van der Waals surface area contributed by atoms with Gasteiger partial charge in [-0.1, -0.05) is 13.0 Å². The van der Waals surface area contributed by atoms with E-state index in [0.29, 0.717) is 18.7 Å². The van der Waals surface area contributed by atoms with Gasteiger partial charge in [0.15, 0.2) is 0 Å². The number of carboxylic acids is 1. The number of rotatable bonds is 6. The summed E-state index contributed by atoms with van der Waals surface area (Å²) in [5.41, 5.74) is 0.641. The Kier molecular flexibility index (Phi) is 5.32. The van der Waals surface area contributed by atoms with Crippen LogP contribution in [0.1, 0.15) is 23.7 Å². The van der Waals surface area contributed by atoms with Gasteiger partial charge in [0, 0.05) is 25.8 Å². The topological polar surface area (TPSA) is 75.6 Å². The number of hydrogen-bond donors (Lipinski definition) is 2. The molecule has 2 N–H and O–H groups in total. The van der Waals surface area contributed by atoms with E-state index in [2.05, 4.69) is 5.32 Å². The first kappa shape index (κ1) is 14.2. The van der Waals surface area contributed by atoms with Gasteiger partial charge in [-0.05, 0) is 24.1 Å². The largest absolute Gasteiger partial charge is 0.478 e. The molecular formula is C13H17NO4. The van der Waals surface area contributed by atoms with Gasteiger partial charge >= 0.3 is 5.97 Å². The third-order valence-electron chi connectivity index (χ3n) is 2.38. The number of nitrogens with one attached hydrogen (secondary N) is 1. The molecular weight excluding hydrogens is 234 g/mol. The molecule has 18 heavy (non-hydrogen) atoms. The van der Waals surface area contributed by atoms with Gasteiger partial charge in [0.25, 0.3) is 0 Å². The monoisotopic (exact) mass is 251 g/mol. The van der Waals surface area contributed by atoms with Crippen LogP contribution in [0, 0.1) is 5.92 Å². The molecule has 0 fully saturated rings. The highest BCUT2D eigenvalue weighted by Crippen LogP contribution is 2.12. The summed E-state index contributed by atoms with van der Waals surface area (Å²) >= 11 is 0. The average Bonchev–Trinajstić information content (AvgIpc) is 2.29. The van der Waals surface area contributed by atoms with Crippen LogP contribution in [0.5, 0.6) is 0 Å². The lowest BCUT2D eigenvalue weighted by Crippen LogP contribution is -2.17. The van der Waals surface area contributed by atoms with Gasteiger partial charge < -0.3 is 15.2 Å². The first-order chi connectivity index (χ1) is 8.52. The molecule has 0 aliphatic heterocycles. The van der Waals surface area contributed by atoms with Crippen molar-refractivity contribution < 1.29 is 19.4 Å². The number of aromatic carboxylic acids is 1. The molecule has 1 atom stereocenters. The van der Waals surface area contributed by atoms with Crippen molar-refractivity contribution >= 4 is 17.6 Å². The van der Waals surface area contributed by atoms with Crippen LogP contribution in [0.4, 0.5) is 5.69 Å². The summed E-state index contributed by atoms with van der Waals surface area (Å²) in [4.78, 5) is 22.4. The van der Waals surface area contributed by atoms with Crippen LogP contribution in [0.2, 0.25) is 0 Å². The van der Waals surface area contributed by atoms with Crippen LogP contribution in [0.25, 0.3) is 0 Å². The van der Waals surface area contributed by atoms with Crippen molar-refractivity contribution in [3.05, 3.63) is 29.8 Å². The summed E-state index contributed by atoms with van der Waals surface area (Å²) in [5.74, 6) is -1.04. The average molecular weight is 251 g/mol. The molecule has 1 aromatic carbocycles. The number of carbonyl (C=O) groups excluding carboxylic acids is 1. The summed E-state index contributed by atoms with van der Waals surface area (Å²) in [6, 6.07) is 6.16. The standard InChI is InChI=1S/C13H17NO4/c1-9(8-18-2)6-12(15)14-11-5-3-4-10(7-11)13(16)17/h3-5,7,9H,6,8H2,1-2H3,(H,14,15)(H,16,17). The van der Waals surface area contributed by atoms with Crippen molar-refractivity contribution in [3.8, 4) is 0 Å². The lowest BCUT2D eigenvalue weighted by Gasteiger charge is -2.10. The maximum absolute atomic E-state index is 11.7. The molecule has 0 bridgehead atoms. The van der Waals surface area contributed by atoms with E-state index in [0.717, 1.165) is 0 Å². The Hall–Kier alpha value is -1.88. The zero-order valence-electron chi connectivity index (χ0n) is 10.5. The van der Waals surface area contributed by atoms with Crippen molar-refractivity contribution in [2.45, 2.75) is 13.3 Å². The molecule has 0 heterocycles. The zero-order chi connectivity index (χ0) is 13.5. The molecule has 1 unspecified atom stereocenters. The van der Waals surface area contributed by atoms with Gasteiger partial charge in [-0.15, -0.1) is 0 Å². The SMILES string of the molecule is COCC(C)CC(=O)Nc1cccc(C(=O)O)c1. The molecule has 1 aromatic rings. The Bertz CT molecular complexity index is 431. The van der Waals surface area contributed by atoms with Crippen LogP contribution in [0.3, 0.4) is 0 Å². The number of hydrogen-bond acceptors (Lipinski definition) is 3. The van der Waals surface area contributed by atoms with Crippen molar-refractivity contribution in [3.63, 3.8) is 0 Å². The first-order valence-corrected chi connectivity index (χ1v) is 5.65. The van der Waals surface area contributed by atoms with Gasteiger partial charge in [-0.3, -0.25) is 4.79 Å². The minimum absolute atomic E-state index is 0.123. The molecule has 0 saturated heterocycles. The Morgan fingerprint density at radius 3 is 2.78 bits per heavy atom. The predicted molar refractivity (Wildman–Crippen MR) is 67.7 cm³/mol. The second-order valence-electron chi connectivity index (χ2n) is 4.20. The summed E-state index contributed by atoms with van der Waals surface area (Å²) in [6.45, 7) is 2.43. The number of methoxy groups -OCH3 is 1. The number of benzene rings is 1. The van der Waals surface area contributed by atoms with Gasteiger partial charge in [0.05, 0.1) is 5.56 Å². The first-order valence-electron chi connectivity index (χ1n) is 5.65. The summed E-state index contributed by atoms with van der Waals surface area (Å²) in [6.07, 6.45) is 0.338. The fourth-order valence-corrected chi connectivity index (χ4v) is 1.60. The molecule has 0 saturated carbocycles. The summed E-state index contributed by atoms with van der Waals surface area (Å²) in [5, 5.41) is 11.5.